The molecule has 1 aliphatic rings. The lowest BCUT2D eigenvalue weighted by Gasteiger charge is -2.37. The Kier molecular flexibility index (Phi) is 5.88. The number of aromatic nitrogens is 1. The van der Waals surface area contributed by atoms with Crippen molar-refractivity contribution in [2.45, 2.75) is 19.5 Å². The van der Waals surface area contributed by atoms with Crippen LogP contribution in [0.25, 0.3) is 0 Å². The lowest BCUT2D eigenvalue weighted by atomic mass is 10.2. The molecule has 1 saturated heterocycles. The van der Waals surface area contributed by atoms with Crippen molar-refractivity contribution >= 4 is 22.4 Å². The van der Waals surface area contributed by atoms with Gasteiger partial charge in [0.25, 0.3) is 0 Å². The van der Waals surface area contributed by atoms with E-state index in [0.29, 0.717) is 6.54 Å². The smallest absolute Gasteiger partial charge is 0.237 e. The van der Waals surface area contributed by atoms with Gasteiger partial charge in [-0.15, -0.1) is 11.3 Å². The summed E-state index contributed by atoms with van der Waals surface area (Å²) in [5, 5.41) is 6.09. The highest BCUT2D eigenvalue weighted by atomic mass is 32.1. The van der Waals surface area contributed by atoms with E-state index in [1.165, 1.54) is 0 Å². The molecule has 7 heteroatoms. The van der Waals surface area contributed by atoms with Crippen molar-refractivity contribution < 1.29 is 9.53 Å². The molecule has 0 radical (unpaired) electrons. The van der Waals surface area contributed by atoms with E-state index in [4.69, 9.17) is 4.74 Å². The summed E-state index contributed by atoms with van der Waals surface area (Å²) in [7, 11) is 1.65. The van der Waals surface area contributed by atoms with Gasteiger partial charge in [-0.05, 0) is 24.6 Å². The lowest BCUT2D eigenvalue weighted by molar-refractivity contribution is -0.126. The second kappa shape index (κ2) is 8.31. The normalized spacial score (nSPS) is 16.5. The van der Waals surface area contributed by atoms with Crippen molar-refractivity contribution in [3.63, 3.8) is 0 Å². The van der Waals surface area contributed by atoms with Gasteiger partial charge >= 0.3 is 0 Å². The van der Waals surface area contributed by atoms with Crippen LogP contribution < -0.4 is 15.0 Å². The van der Waals surface area contributed by atoms with Crippen molar-refractivity contribution in [3.05, 3.63) is 41.4 Å². The number of hydrogen-bond acceptors (Lipinski definition) is 6. The summed E-state index contributed by atoms with van der Waals surface area (Å²) in [5.41, 5.74) is 1.06. The van der Waals surface area contributed by atoms with Gasteiger partial charge in [-0.2, -0.15) is 0 Å². The van der Waals surface area contributed by atoms with Crippen LogP contribution >= 0.6 is 11.3 Å². The molecule has 1 unspecified atom stereocenters. The number of methoxy groups -OCH3 is 1. The highest BCUT2D eigenvalue weighted by molar-refractivity contribution is 7.13. The number of thiazole rings is 1. The molecule has 1 atom stereocenters. The Labute approximate surface area is 152 Å². The first kappa shape index (κ1) is 17.7. The van der Waals surface area contributed by atoms with E-state index >= 15 is 0 Å². The molecule has 2 aromatic rings. The van der Waals surface area contributed by atoms with E-state index < -0.39 is 0 Å². The van der Waals surface area contributed by atoms with Gasteiger partial charge in [-0.25, -0.2) is 4.98 Å². The molecule has 1 aromatic heterocycles. The SMILES string of the molecule is COc1ccc(CNC(=O)C(C)N2CCN(c3nccs3)CC2)cc1. The number of nitrogens with one attached hydrogen (secondary N) is 1. The lowest BCUT2D eigenvalue weighted by Crippen LogP contribution is -2.53. The van der Waals surface area contributed by atoms with Gasteiger partial charge < -0.3 is 15.0 Å². The van der Waals surface area contributed by atoms with E-state index in [2.05, 4.69) is 20.1 Å². The minimum Gasteiger partial charge on any atom is -0.497 e. The monoisotopic (exact) mass is 360 g/mol. The zero-order valence-electron chi connectivity index (χ0n) is 14.6. The number of ether oxygens (including phenoxy) is 1. The molecule has 0 bridgehead atoms. The summed E-state index contributed by atoms with van der Waals surface area (Å²) in [6.45, 7) is 6.06. The molecule has 1 N–H and O–H groups in total. The number of rotatable bonds is 6. The number of amides is 1. The number of hydrogen-bond donors (Lipinski definition) is 1. The number of piperazine rings is 1. The van der Waals surface area contributed by atoms with E-state index in [9.17, 15) is 4.79 Å². The fourth-order valence-corrected chi connectivity index (χ4v) is 3.62. The average molecular weight is 360 g/mol. The molecule has 134 valence electrons. The second-order valence-corrected chi connectivity index (χ2v) is 6.95. The molecular formula is C18H24N4O2S. The fourth-order valence-electron chi connectivity index (χ4n) is 2.92. The quantitative estimate of drug-likeness (QED) is 0.854. The molecule has 3 rings (SSSR count). The Morgan fingerprint density at radius 3 is 2.60 bits per heavy atom. The highest BCUT2D eigenvalue weighted by Crippen LogP contribution is 2.19. The summed E-state index contributed by atoms with van der Waals surface area (Å²) in [4.78, 5) is 21.3. The average Bonchev–Trinajstić information content (AvgIpc) is 3.21. The van der Waals surface area contributed by atoms with Crippen LogP contribution in [-0.4, -0.2) is 55.1 Å². The molecule has 1 aromatic carbocycles. The standard InChI is InChI=1S/C18H24N4O2S/c1-14(17(23)20-13-15-3-5-16(24-2)6-4-15)21-8-10-22(11-9-21)18-19-7-12-25-18/h3-7,12,14H,8-11,13H2,1-2H3,(H,20,23). The van der Waals surface area contributed by atoms with Crippen molar-refractivity contribution in [2.24, 2.45) is 0 Å². The minimum absolute atomic E-state index is 0.0681. The van der Waals surface area contributed by atoms with Crippen LogP contribution in [0.15, 0.2) is 35.8 Å². The number of carbonyl (C=O) groups is 1. The van der Waals surface area contributed by atoms with Crippen LogP contribution in [0.5, 0.6) is 5.75 Å². The van der Waals surface area contributed by atoms with Gasteiger partial charge in [-0.3, -0.25) is 9.69 Å². The second-order valence-electron chi connectivity index (χ2n) is 6.08. The molecular weight excluding hydrogens is 336 g/mol. The maximum absolute atomic E-state index is 12.4. The largest absolute Gasteiger partial charge is 0.497 e. The summed E-state index contributed by atoms with van der Waals surface area (Å²) in [6, 6.07) is 7.62. The van der Waals surface area contributed by atoms with Crippen LogP contribution in [0.3, 0.4) is 0 Å². The Bertz CT molecular complexity index is 667. The zero-order valence-corrected chi connectivity index (χ0v) is 15.5. The number of benzene rings is 1. The molecule has 1 aliphatic heterocycles. The minimum atomic E-state index is -0.128. The van der Waals surface area contributed by atoms with Crippen LogP contribution in [0.4, 0.5) is 5.13 Å². The summed E-state index contributed by atoms with van der Waals surface area (Å²) < 4.78 is 5.15. The van der Waals surface area contributed by atoms with Crippen molar-refractivity contribution in [3.8, 4) is 5.75 Å². The molecule has 1 amide bonds. The first-order valence-electron chi connectivity index (χ1n) is 8.46. The van der Waals surface area contributed by atoms with Crippen LogP contribution in [0.2, 0.25) is 0 Å². The third-order valence-electron chi connectivity index (χ3n) is 4.56. The molecule has 0 spiro atoms. The predicted molar refractivity (Wildman–Crippen MR) is 100 cm³/mol. The Balaban J connectivity index is 1.46. The topological polar surface area (TPSA) is 57.7 Å². The van der Waals surface area contributed by atoms with E-state index in [0.717, 1.165) is 42.6 Å². The van der Waals surface area contributed by atoms with Crippen molar-refractivity contribution in [1.29, 1.82) is 0 Å². The predicted octanol–water partition coefficient (Wildman–Crippen LogP) is 1.98. The number of anilines is 1. The molecule has 1 fully saturated rings. The Hall–Kier alpha value is -2.12. The first-order chi connectivity index (χ1) is 12.2. The molecule has 2 heterocycles. The van der Waals surface area contributed by atoms with Gasteiger partial charge in [0, 0.05) is 44.3 Å². The molecule has 6 nitrogen and oxygen atoms in total. The number of carbonyl (C=O) groups excluding carboxylic acids is 1. The third-order valence-corrected chi connectivity index (χ3v) is 5.39. The first-order valence-corrected chi connectivity index (χ1v) is 9.34. The van der Waals surface area contributed by atoms with E-state index in [1.807, 2.05) is 42.8 Å². The maximum Gasteiger partial charge on any atom is 0.237 e. The summed E-state index contributed by atoms with van der Waals surface area (Å²) in [5.74, 6) is 0.889. The zero-order chi connectivity index (χ0) is 17.6. The summed E-state index contributed by atoms with van der Waals surface area (Å²) >= 11 is 1.66. The summed E-state index contributed by atoms with van der Waals surface area (Å²) in [6.07, 6.45) is 1.83. The van der Waals surface area contributed by atoms with Crippen LogP contribution in [0, 0.1) is 0 Å². The Morgan fingerprint density at radius 2 is 2.00 bits per heavy atom. The van der Waals surface area contributed by atoms with Crippen molar-refractivity contribution in [1.82, 2.24) is 15.2 Å². The molecule has 25 heavy (non-hydrogen) atoms. The maximum atomic E-state index is 12.4. The van der Waals surface area contributed by atoms with Crippen LogP contribution in [0.1, 0.15) is 12.5 Å². The van der Waals surface area contributed by atoms with Gasteiger partial charge in [0.15, 0.2) is 5.13 Å². The highest BCUT2D eigenvalue weighted by Gasteiger charge is 2.26. The molecule has 0 aliphatic carbocycles. The van der Waals surface area contributed by atoms with E-state index in [1.54, 1.807) is 18.4 Å². The Morgan fingerprint density at radius 1 is 1.28 bits per heavy atom. The third kappa shape index (κ3) is 4.49. The van der Waals surface area contributed by atoms with Gasteiger partial charge in [0.2, 0.25) is 5.91 Å². The van der Waals surface area contributed by atoms with E-state index in [-0.39, 0.29) is 11.9 Å². The van der Waals surface area contributed by atoms with Crippen LogP contribution in [-0.2, 0) is 11.3 Å². The number of nitrogens with zero attached hydrogens (tertiary/aromatic N) is 3. The fraction of sp³-hybridized carbons (Fsp3) is 0.444. The van der Waals surface area contributed by atoms with Gasteiger partial charge in [0.05, 0.1) is 13.2 Å². The van der Waals surface area contributed by atoms with Gasteiger partial charge in [0.1, 0.15) is 5.75 Å². The molecule has 0 saturated carbocycles. The van der Waals surface area contributed by atoms with Gasteiger partial charge in [-0.1, -0.05) is 12.1 Å². The van der Waals surface area contributed by atoms with Crippen molar-refractivity contribution in [2.75, 3.05) is 38.2 Å².